The number of ether oxygens (including phenoxy) is 1. The summed E-state index contributed by atoms with van der Waals surface area (Å²) < 4.78 is 5.26. The molecule has 29 heavy (non-hydrogen) atoms. The molecule has 2 heterocycles. The van der Waals surface area contributed by atoms with E-state index in [-0.39, 0.29) is 0 Å². The Labute approximate surface area is 176 Å². The lowest BCUT2D eigenvalue weighted by Gasteiger charge is -2.28. The monoisotopic (exact) mass is 395 g/mol. The zero-order valence-corrected chi connectivity index (χ0v) is 19.3. The number of aryl methyl sites for hydroxylation is 2. The highest BCUT2D eigenvalue weighted by atomic mass is 16.5. The zero-order chi connectivity index (χ0) is 21.4. The highest BCUT2D eigenvalue weighted by Crippen LogP contribution is 2.14. The molecular formula is C25H37N3O. The van der Waals surface area contributed by atoms with Gasteiger partial charge in [-0.25, -0.2) is 0 Å². The lowest BCUT2D eigenvalue weighted by molar-refractivity contribution is 0.340. The number of rotatable bonds is 3. The van der Waals surface area contributed by atoms with E-state index in [2.05, 4.69) is 56.6 Å². The standard InChI is InChI=1S/C16H25N3.C9H12O/c1-11(2)14-13(5)17-18-16(15(14)12(3)4)19-9-7-6-8-10-19;1-3-10-9-6-4-8(2)5-7-9/h6-10H2,1-5H3;4-7H,3H2,1-2H3. The van der Waals surface area contributed by atoms with Gasteiger partial charge in [-0.15, -0.1) is 5.10 Å². The number of anilines is 1. The molecule has 3 rings (SSSR count). The highest BCUT2D eigenvalue weighted by molar-refractivity contribution is 5.56. The minimum absolute atomic E-state index is 0.739. The number of nitrogens with zero attached hydrogens (tertiary/aromatic N) is 3. The summed E-state index contributed by atoms with van der Waals surface area (Å²) in [5, 5.41) is 11.5. The molecular weight excluding hydrogens is 358 g/mol. The summed E-state index contributed by atoms with van der Waals surface area (Å²) in [5.41, 5.74) is 4.96. The van der Waals surface area contributed by atoms with Crippen molar-refractivity contribution in [2.24, 2.45) is 0 Å². The molecule has 1 aromatic heterocycles. The molecule has 0 amide bonds. The summed E-state index contributed by atoms with van der Waals surface area (Å²) in [6.07, 6.45) is 3.87. The van der Waals surface area contributed by atoms with Crippen LogP contribution in [-0.4, -0.2) is 29.9 Å². The second kappa shape index (κ2) is 11.0. The van der Waals surface area contributed by atoms with Gasteiger partial charge in [0.1, 0.15) is 5.75 Å². The average molecular weight is 396 g/mol. The molecule has 0 spiro atoms. The van der Waals surface area contributed by atoms with E-state index in [0.29, 0.717) is 0 Å². The van der Waals surface area contributed by atoms with Gasteiger partial charge in [-0.1, -0.05) is 28.8 Å². The minimum Gasteiger partial charge on any atom is -0.494 e. The van der Waals surface area contributed by atoms with E-state index in [1.807, 2.05) is 31.2 Å². The Bertz CT molecular complexity index is 902. The van der Waals surface area contributed by atoms with Gasteiger partial charge in [0, 0.05) is 23.5 Å². The molecule has 0 aliphatic carbocycles. The van der Waals surface area contributed by atoms with Gasteiger partial charge in [-0.05, 0) is 79.9 Å². The fourth-order valence-corrected chi connectivity index (χ4v) is 3.73. The molecule has 1 saturated heterocycles. The van der Waals surface area contributed by atoms with E-state index in [4.69, 9.17) is 4.74 Å². The van der Waals surface area contributed by atoms with Gasteiger partial charge < -0.3 is 9.64 Å². The van der Waals surface area contributed by atoms with Crippen LogP contribution in [0, 0.1) is 13.8 Å². The average Bonchev–Trinajstić information content (AvgIpc) is 2.70. The van der Waals surface area contributed by atoms with Crippen LogP contribution in [0.1, 0.15) is 65.1 Å². The molecule has 0 unspecified atom stereocenters. The van der Waals surface area contributed by atoms with Crippen LogP contribution in [0.25, 0.3) is 11.1 Å². The Balaban J connectivity index is 0.000000253. The zero-order valence-electron chi connectivity index (χ0n) is 19.3. The first kappa shape index (κ1) is 22.9. The van der Waals surface area contributed by atoms with Crippen LogP contribution in [0.4, 0.5) is 5.82 Å². The van der Waals surface area contributed by atoms with Gasteiger partial charge >= 0.3 is 0 Å². The van der Waals surface area contributed by atoms with Crippen molar-refractivity contribution in [1.82, 2.24) is 10.2 Å². The highest BCUT2D eigenvalue weighted by Gasteiger charge is 2.16. The molecule has 4 heteroatoms. The lowest BCUT2D eigenvalue weighted by atomic mass is 10.1. The second-order valence-electron chi connectivity index (χ2n) is 8.15. The summed E-state index contributed by atoms with van der Waals surface area (Å²) >= 11 is 0. The SMILES string of the molecule is CC(C)=c1c(C)nnc(N2CCCCC2)c1=C(C)C.CCOc1ccc(C)cc1. The maximum absolute atomic E-state index is 5.26. The molecule has 1 aliphatic rings. The Kier molecular flexibility index (Phi) is 8.69. The normalized spacial score (nSPS) is 13.4. The molecule has 2 aromatic rings. The van der Waals surface area contributed by atoms with Gasteiger partial charge in [-0.3, -0.25) is 0 Å². The molecule has 0 bridgehead atoms. The smallest absolute Gasteiger partial charge is 0.159 e. The van der Waals surface area contributed by atoms with Crippen LogP contribution in [-0.2, 0) is 0 Å². The third kappa shape index (κ3) is 6.31. The number of aromatic nitrogens is 2. The Morgan fingerprint density at radius 2 is 1.45 bits per heavy atom. The molecule has 4 nitrogen and oxygen atoms in total. The first-order valence-corrected chi connectivity index (χ1v) is 10.8. The van der Waals surface area contributed by atoms with Gasteiger partial charge in [0.15, 0.2) is 5.82 Å². The van der Waals surface area contributed by atoms with E-state index >= 15 is 0 Å². The first-order chi connectivity index (χ1) is 13.8. The van der Waals surface area contributed by atoms with Crippen LogP contribution in [0.5, 0.6) is 5.75 Å². The minimum atomic E-state index is 0.739. The second-order valence-corrected chi connectivity index (χ2v) is 8.15. The van der Waals surface area contributed by atoms with Gasteiger partial charge in [-0.2, -0.15) is 5.10 Å². The Morgan fingerprint density at radius 3 is 1.97 bits per heavy atom. The van der Waals surface area contributed by atoms with Crippen molar-refractivity contribution in [3.8, 4) is 5.75 Å². The van der Waals surface area contributed by atoms with E-state index < -0.39 is 0 Å². The predicted molar refractivity (Wildman–Crippen MR) is 124 cm³/mol. The van der Waals surface area contributed by atoms with Gasteiger partial charge in [0.2, 0.25) is 0 Å². The van der Waals surface area contributed by atoms with E-state index in [1.165, 1.54) is 46.4 Å². The Hall–Kier alpha value is -2.36. The van der Waals surface area contributed by atoms with E-state index in [9.17, 15) is 0 Å². The van der Waals surface area contributed by atoms with Crippen molar-refractivity contribution in [3.05, 3.63) is 46.0 Å². The topological polar surface area (TPSA) is 38.2 Å². The van der Waals surface area contributed by atoms with Crippen molar-refractivity contribution in [3.63, 3.8) is 0 Å². The van der Waals surface area contributed by atoms with Crippen molar-refractivity contribution < 1.29 is 4.74 Å². The molecule has 1 aliphatic heterocycles. The van der Waals surface area contributed by atoms with Crippen LogP contribution < -0.4 is 20.1 Å². The third-order valence-corrected chi connectivity index (χ3v) is 5.12. The van der Waals surface area contributed by atoms with Crippen molar-refractivity contribution >= 4 is 17.0 Å². The van der Waals surface area contributed by atoms with Gasteiger partial charge in [0.25, 0.3) is 0 Å². The molecule has 0 atom stereocenters. The van der Waals surface area contributed by atoms with Crippen LogP contribution in [0.15, 0.2) is 24.3 Å². The Morgan fingerprint density at radius 1 is 0.862 bits per heavy atom. The van der Waals surface area contributed by atoms with Crippen molar-refractivity contribution in [1.29, 1.82) is 0 Å². The number of hydrogen-bond acceptors (Lipinski definition) is 4. The maximum Gasteiger partial charge on any atom is 0.159 e. The number of piperidine rings is 1. The number of hydrogen-bond donors (Lipinski definition) is 0. The summed E-state index contributed by atoms with van der Waals surface area (Å²) in [6.45, 7) is 17.8. The molecule has 0 radical (unpaired) electrons. The van der Waals surface area contributed by atoms with E-state index in [0.717, 1.165) is 37.0 Å². The van der Waals surface area contributed by atoms with Gasteiger partial charge in [0.05, 0.1) is 12.3 Å². The molecule has 158 valence electrons. The largest absolute Gasteiger partial charge is 0.494 e. The van der Waals surface area contributed by atoms with Crippen LogP contribution in [0.3, 0.4) is 0 Å². The quantitative estimate of drug-likeness (QED) is 0.764. The van der Waals surface area contributed by atoms with Crippen molar-refractivity contribution in [2.75, 3.05) is 24.6 Å². The maximum atomic E-state index is 5.26. The fourth-order valence-electron chi connectivity index (χ4n) is 3.73. The first-order valence-electron chi connectivity index (χ1n) is 10.8. The summed E-state index contributed by atoms with van der Waals surface area (Å²) in [6, 6.07) is 8.06. The molecule has 0 N–H and O–H groups in total. The predicted octanol–water partition coefficient (Wildman–Crippen LogP) is 4.55. The van der Waals surface area contributed by atoms with E-state index in [1.54, 1.807) is 0 Å². The van der Waals surface area contributed by atoms with Crippen LogP contribution >= 0.6 is 0 Å². The van der Waals surface area contributed by atoms with Crippen molar-refractivity contribution in [2.45, 2.75) is 67.7 Å². The molecule has 1 aromatic carbocycles. The number of benzene rings is 1. The lowest BCUT2D eigenvalue weighted by Crippen LogP contribution is -2.42. The third-order valence-electron chi connectivity index (χ3n) is 5.12. The van der Waals surface area contributed by atoms with Crippen LogP contribution in [0.2, 0.25) is 0 Å². The summed E-state index contributed by atoms with van der Waals surface area (Å²) in [7, 11) is 0. The molecule has 0 saturated carbocycles. The fraction of sp³-hybridized carbons (Fsp3) is 0.520. The molecule has 1 fully saturated rings. The summed E-state index contributed by atoms with van der Waals surface area (Å²) in [5.74, 6) is 2.04. The summed E-state index contributed by atoms with van der Waals surface area (Å²) in [4.78, 5) is 2.41.